The second-order valence-corrected chi connectivity index (χ2v) is 6.85. The Morgan fingerprint density at radius 2 is 2.00 bits per heavy atom. The van der Waals surface area contributed by atoms with Gasteiger partial charge in [0.2, 0.25) is 5.91 Å². The summed E-state index contributed by atoms with van der Waals surface area (Å²) in [5.41, 5.74) is 2.48. The fourth-order valence-corrected chi connectivity index (χ4v) is 3.58. The van der Waals surface area contributed by atoms with Crippen molar-refractivity contribution < 1.29 is 14.6 Å². The van der Waals surface area contributed by atoms with Gasteiger partial charge in [0, 0.05) is 57.9 Å². The Hall–Kier alpha value is -1.63. The largest absolute Gasteiger partial charge is 0.390 e. The molecule has 0 aromatic heterocycles. The summed E-state index contributed by atoms with van der Waals surface area (Å²) in [7, 11) is 0. The van der Waals surface area contributed by atoms with Gasteiger partial charge in [-0.3, -0.25) is 9.69 Å². The highest BCUT2D eigenvalue weighted by atomic mass is 16.5. The van der Waals surface area contributed by atoms with Crippen LogP contribution in [-0.2, 0) is 16.1 Å². The molecule has 0 spiro atoms. The zero-order valence-corrected chi connectivity index (χ0v) is 15.1. The molecule has 0 radical (unpaired) electrons. The third-order valence-electron chi connectivity index (χ3n) is 4.93. The molecule has 2 fully saturated rings. The Kier molecular flexibility index (Phi) is 6.29. The molecule has 1 amide bonds. The SMILES string of the molecule is CCC(=O)N1CCN(Cc2cccc(N3CCOCC3)c2)CC(O)C1. The molecule has 2 heterocycles. The van der Waals surface area contributed by atoms with E-state index in [1.807, 2.05) is 6.92 Å². The van der Waals surface area contributed by atoms with Crippen LogP contribution in [0.3, 0.4) is 0 Å². The Bertz CT molecular complexity index is 575. The van der Waals surface area contributed by atoms with Gasteiger partial charge >= 0.3 is 0 Å². The lowest BCUT2D eigenvalue weighted by atomic mass is 10.1. The highest BCUT2D eigenvalue weighted by Crippen LogP contribution is 2.19. The number of benzene rings is 1. The van der Waals surface area contributed by atoms with E-state index < -0.39 is 6.10 Å². The van der Waals surface area contributed by atoms with Gasteiger partial charge in [-0.1, -0.05) is 19.1 Å². The summed E-state index contributed by atoms with van der Waals surface area (Å²) in [4.78, 5) is 18.3. The van der Waals surface area contributed by atoms with E-state index in [4.69, 9.17) is 4.74 Å². The minimum absolute atomic E-state index is 0.121. The number of ether oxygens (including phenoxy) is 1. The van der Waals surface area contributed by atoms with Gasteiger partial charge < -0.3 is 19.6 Å². The number of amides is 1. The predicted molar refractivity (Wildman–Crippen MR) is 97.6 cm³/mol. The maximum atomic E-state index is 11.9. The molecule has 0 saturated carbocycles. The number of aliphatic hydroxyl groups is 1. The van der Waals surface area contributed by atoms with Crippen molar-refractivity contribution in [3.05, 3.63) is 29.8 Å². The molecular weight excluding hydrogens is 318 g/mol. The van der Waals surface area contributed by atoms with E-state index >= 15 is 0 Å². The summed E-state index contributed by atoms with van der Waals surface area (Å²) in [5, 5.41) is 10.3. The smallest absolute Gasteiger partial charge is 0.222 e. The summed E-state index contributed by atoms with van der Waals surface area (Å²) in [5.74, 6) is 0.121. The summed E-state index contributed by atoms with van der Waals surface area (Å²) >= 11 is 0. The molecular formula is C19H29N3O3. The van der Waals surface area contributed by atoms with Crippen LogP contribution < -0.4 is 4.90 Å². The second kappa shape index (κ2) is 8.65. The van der Waals surface area contributed by atoms with Crippen molar-refractivity contribution in [2.45, 2.75) is 26.0 Å². The second-order valence-electron chi connectivity index (χ2n) is 6.85. The highest BCUT2D eigenvalue weighted by Gasteiger charge is 2.23. The first-order valence-corrected chi connectivity index (χ1v) is 9.25. The van der Waals surface area contributed by atoms with Crippen molar-refractivity contribution in [1.29, 1.82) is 0 Å². The van der Waals surface area contributed by atoms with Crippen LogP contribution in [-0.4, -0.2) is 79.4 Å². The number of hydrogen-bond acceptors (Lipinski definition) is 5. The third-order valence-corrected chi connectivity index (χ3v) is 4.93. The van der Waals surface area contributed by atoms with E-state index in [0.717, 1.165) is 39.4 Å². The standard InChI is InChI=1S/C19H29N3O3/c1-2-19(24)22-7-6-20(14-18(23)15-22)13-16-4-3-5-17(12-16)21-8-10-25-11-9-21/h3-5,12,18,23H,2,6-11,13-15H2,1H3. The number of nitrogens with zero attached hydrogens (tertiary/aromatic N) is 3. The Balaban J connectivity index is 1.62. The quantitative estimate of drug-likeness (QED) is 0.878. The maximum absolute atomic E-state index is 11.9. The summed E-state index contributed by atoms with van der Waals surface area (Å²) in [6, 6.07) is 8.61. The first-order chi connectivity index (χ1) is 12.2. The fraction of sp³-hybridized carbons (Fsp3) is 0.632. The number of carbonyl (C=O) groups excluding carboxylic acids is 1. The minimum atomic E-state index is -0.486. The summed E-state index contributed by atoms with van der Waals surface area (Å²) < 4.78 is 5.43. The Labute approximate surface area is 150 Å². The van der Waals surface area contributed by atoms with E-state index in [2.05, 4.69) is 34.1 Å². The molecule has 1 N–H and O–H groups in total. The van der Waals surface area contributed by atoms with Gasteiger partial charge in [0.25, 0.3) is 0 Å². The van der Waals surface area contributed by atoms with Gasteiger partial charge in [-0.2, -0.15) is 0 Å². The van der Waals surface area contributed by atoms with Crippen molar-refractivity contribution >= 4 is 11.6 Å². The van der Waals surface area contributed by atoms with Crippen molar-refractivity contribution in [3.63, 3.8) is 0 Å². The van der Waals surface area contributed by atoms with E-state index in [1.54, 1.807) is 4.90 Å². The van der Waals surface area contributed by atoms with Crippen LogP contribution in [0.4, 0.5) is 5.69 Å². The lowest BCUT2D eigenvalue weighted by Gasteiger charge is -2.29. The molecule has 1 aromatic carbocycles. The average Bonchev–Trinajstić information content (AvgIpc) is 2.83. The van der Waals surface area contributed by atoms with Crippen LogP contribution in [0.1, 0.15) is 18.9 Å². The van der Waals surface area contributed by atoms with Gasteiger partial charge in [0.15, 0.2) is 0 Å². The van der Waals surface area contributed by atoms with Crippen molar-refractivity contribution in [2.75, 3.05) is 57.4 Å². The van der Waals surface area contributed by atoms with Crippen LogP contribution in [0.5, 0.6) is 0 Å². The van der Waals surface area contributed by atoms with E-state index in [1.165, 1.54) is 11.3 Å². The van der Waals surface area contributed by atoms with Crippen molar-refractivity contribution in [2.24, 2.45) is 0 Å². The predicted octanol–water partition coefficient (Wildman–Crippen LogP) is 0.938. The molecule has 6 nitrogen and oxygen atoms in total. The Morgan fingerprint density at radius 1 is 1.20 bits per heavy atom. The lowest BCUT2D eigenvalue weighted by molar-refractivity contribution is -0.131. The van der Waals surface area contributed by atoms with Gasteiger partial charge in [0.1, 0.15) is 0 Å². The zero-order valence-electron chi connectivity index (χ0n) is 15.1. The van der Waals surface area contributed by atoms with Gasteiger partial charge in [0.05, 0.1) is 19.3 Å². The number of β-amino-alcohol motifs (C(OH)–C–C–N with tert-alkyl or cyclic N) is 1. The van der Waals surface area contributed by atoms with E-state index in [-0.39, 0.29) is 5.91 Å². The molecule has 1 atom stereocenters. The molecule has 2 aliphatic heterocycles. The van der Waals surface area contributed by atoms with Crippen LogP contribution in [0.2, 0.25) is 0 Å². The molecule has 138 valence electrons. The molecule has 1 aromatic rings. The molecule has 2 saturated heterocycles. The molecule has 25 heavy (non-hydrogen) atoms. The van der Waals surface area contributed by atoms with Gasteiger partial charge in [-0.05, 0) is 17.7 Å². The topological polar surface area (TPSA) is 56.3 Å². The fourth-order valence-electron chi connectivity index (χ4n) is 3.58. The maximum Gasteiger partial charge on any atom is 0.222 e. The molecule has 3 rings (SSSR count). The molecule has 1 unspecified atom stereocenters. The van der Waals surface area contributed by atoms with E-state index in [9.17, 15) is 9.90 Å². The third kappa shape index (κ3) is 4.93. The molecule has 0 aliphatic carbocycles. The normalized spacial score (nSPS) is 22.7. The number of rotatable bonds is 4. The van der Waals surface area contributed by atoms with Crippen LogP contribution in [0.25, 0.3) is 0 Å². The molecule has 6 heteroatoms. The highest BCUT2D eigenvalue weighted by molar-refractivity contribution is 5.75. The van der Waals surface area contributed by atoms with Crippen LogP contribution in [0, 0.1) is 0 Å². The molecule has 0 bridgehead atoms. The summed E-state index contributed by atoms with van der Waals surface area (Å²) in [6.07, 6.45) is 0.00864. The zero-order chi connectivity index (χ0) is 17.6. The minimum Gasteiger partial charge on any atom is -0.390 e. The van der Waals surface area contributed by atoms with Gasteiger partial charge in [-0.25, -0.2) is 0 Å². The number of hydrogen-bond donors (Lipinski definition) is 1. The van der Waals surface area contributed by atoms with Crippen LogP contribution >= 0.6 is 0 Å². The van der Waals surface area contributed by atoms with Crippen molar-refractivity contribution in [3.8, 4) is 0 Å². The number of anilines is 1. The van der Waals surface area contributed by atoms with Crippen LogP contribution in [0.15, 0.2) is 24.3 Å². The van der Waals surface area contributed by atoms with Gasteiger partial charge in [-0.15, -0.1) is 0 Å². The van der Waals surface area contributed by atoms with E-state index in [0.29, 0.717) is 26.1 Å². The van der Waals surface area contributed by atoms with Crippen molar-refractivity contribution in [1.82, 2.24) is 9.80 Å². The monoisotopic (exact) mass is 347 g/mol. The lowest BCUT2D eigenvalue weighted by Crippen LogP contribution is -2.37. The average molecular weight is 347 g/mol. The number of morpholine rings is 1. The Morgan fingerprint density at radius 3 is 2.76 bits per heavy atom. The number of aliphatic hydroxyl groups excluding tert-OH is 1. The molecule has 2 aliphatic rings. The first kappa shape index (κ1) is 18.2. The summed E-state index contributed by atoms with van der Waals surface area (Å²) in [6.45, 7) is 8.62. The number of carbonyl (C=O) groups is 1. The first-order valence-electron chi connectivity index (χ1n) is 9.25.